The van der Waals surface area contributed by atoms with Crippen molar-refractivity contribution in [1.29, 1.82) is 0 Å². The highest BCUT2D eigenvalue weighted by Crippen LogP contribution is 2.16. The summed E-state index contributed by atoms with van der Waals surface area (Å²) in [4.78, 5) is 20.0. The number of carbonyl (C=O) groups is 1. The van der Waals surface area contributed by atoms with Gasteiger partial charge in [-0.2, -0.15) is 0 Å². The summed E-state index contributed by atoms with van der Waals surface area (Å²) in [5, 5.41) is 5.65. The van der Waals surface area contributed by atoms with E-state index in [0.717, 1.165) is 11.3 Å². The molecule has 0 bridgehead atoms. The summed E-state index contributed by atoms with van der Waals surface area (Å²) in [5.74, 6) is 0. The number of benzene rings is 1. The standard InChI is InChI=1S/C17H17N5O/c1-13(20-17(23)21-15-3-2-8-18-11-15)14-4-6-16(7-5-14)22-10-9-19-12-22/h2-13H,1H3,(H2,20,21,23). The Labute approximate surface area is 134 Å². The summed E-state index contributed by atoms with van der Waals surface area (Å²) in [7, 11) is 0. The van der Waals surface area contributed by atoms with E-state index in [2.05, 4.69) is 20.6 Å². The lowest BCUT2D eigenvalue weighted by atomic mass is 10.1. The second kappa shape index (κ2) is 6.74. The minimum absolute atomic E-state index is 0.108. The van der Waals surface area contributed by atoms with E-state index in [-0.39, 0.29) is 12.1 Å². The average molecular weight is 307 g/mol. The third-order valence-electron chi connectivity index (χ3n) is 3.46. The molecular formula is C17H17N5O. The normalized spacial score (nSPS) is 11.7. The first-order valence-electron chi connectivity index (χ1n) is 7.28. The van der Waals surface area contributed by atoms with Crippen LogP contribution in [0, 0.1) is 0 Å². The van der Waals surface area contributed by atoms with Crippen molar-refractivity contribution in [2.24, 2.45) is 0 Å². The second-order valence-corrected chi connectivity index (χ2v) is 5.12. The Balaban J connectivity index is 1.61. The third kappa shape index (κ3) is 3.74. The highest BCUT2D eigenvalue weighted by atomic mass is 16.2. The van der Waals surface area contributed by atoms with Gasteiger partial charge >= 0.3 is 6.03 Å². The van der Waals surface area contributed by atoms with E-state index in [1.165, 1.54) is 0 Å². The number of nitrogens with one attached hydrogen (secondary N) is 2. The van der Waals surface area contributed by atoms with E-state index in [4.69, 9.17) is 0 Å². The monoisotopic (exact) mass is 307 g/mol. The summed E-state index contributed by atoms with van der Waals surface area (Å²) in [6, 6.07) is 11.2. The first-order valence-corrected chi connectivity index (χ1v) is 7.28. The molecule has 1 unspecified atom stereocenters. The Bertz CT molecular complexity index is 753. The molecule has 1 atom stereocenters. The molecule has 0 aliphatic heterocycles. The van der Waals surface area contributed by atoms with Gasteiger partial charge in [0.15, 0.2) is 0 Å². The van der Waals surface area contributed by atoms with Gasteiger partial charge in [-0.3, -0.25) is 4.98 Å². The number of carbonyl (C=O) groups excluding carboxylic acids is 1. The molecule has 2 heterocycles. The Morgan fingerprint density at radius 1 is 1.13 bits per heavy atom. The van der Waals surface area contributed by atoms with Gasteiger partial charge in [0.1, 0.15) is 0 Å². The summed E-state index contributed by atoms with van der Waals surface area (Å²) in [6.07, 6.45) is 8.63. The van der Waals surface area contributed by atoms with Crippen LogP contribution in [0.2, 0.25) is 0 Å². The minimum atomic E-state index is -0.260. The fourth-order valence-corrected chi connectivity index (χ4v) is 2.23. The van der Waals surface area contributed by atoms with E-state index >= 15 is 0 Å². The molecule has 6 heteroatoms. The van der Waals surface area contributed by atoms with Crippen LogP contribution in [0.15, 0.2) is 67.5 Å². The molecule has 2 N–H and O–H groups in total. The zero-order chi connectivity index (χ0) is 16.1. The van der Waals surface area contributed by atoms with Crippen LogP contribution < -0.4 is 10.6 Å². The maximum atomic E-state index is 12.0. The van der Waals surface area contributed by atoms with Crippen molar-refractivity contribution in [2.45, 2.75) is 13.0 Å². The number of anilines is 1. The molecule has 0 spiro atoms. The number of pyridine rings is 1. The van der Waals surface area contributed by atoms with Gasteiger partial charge in [-0.25, -0.2) is 9.78 Å². The molecule has 3 aromatic rings. The van der Waals surface area contributed by atoms with Crippen LogP contribution in [0.3, 0.4) is 0 Å². The molecule has 0 fully saturated rings. The number of aromatic nitrogens is 3. The molecule has 2 amide bonds. The predicted molar refractivity (Wildman–Crippen MR) is 88.4 cm³/mol. The van der Waals surface area contributed by atoms with Crippen molar-refractivity contribution in [3.8, 4) is 5.69 Å². The van der Waals surface area contributed by atoms with Crippen LogP contribution >= 0.6 is 0 Å². The van der Waals surface area contributed by atoms with Crippen LogP contribution in [0.25, 0.3) is 5.69 Å². The van der Waals surface area contributed by atoms with E-state index < -0.39 is 0 Å². The largest absolute Gasteiger partial charge is 0.331 e. The third-order valence-corrected chi connectivity index (χ3v) is 3.46. The van der Waals surface area contributed by atoms with Gasteiger partial charge < -0.3 is 15.2 Å². The van der Waals surface area contributed by atoms with Crippen molar-refractivity contribution in [3.05, 3.63) is 73.1 Å². The SMILES string of the molecule is CC(NC(=O)Nc1cccnc1)c1ccc(-n2ccnc2)cc1. The topological polar surface area (TPSA) is 71.8 Å². The number of hydrogen-bond acceptors (Lipinski definition) is 3. The van der Waals surface area contributed by atoms with Gasteiger partial charge in [-0.15, -0.1) is 0 Å². The Kier molecular flexibility index (Phi) is 4.33. The van der Waals surface area contributed by atoms with Crippen LogP contribution in [0.5, 0.6) is 0 Å². The number of urea groups is 1. The van der Waals surface area contributed by atoms with Gasteiger partial charge in [-0.05, 0) is 36.8 Å². The quantitative estimate of drug-likeness (QED) is 0.777. The fourth-order valence-electron chi connectivity index (χ4n) is 2.23. The second-order valence-electron chi connectivity index (χ2n) is 5.12. The number of hydrogen-bond donors (Lipinski definition) is 2. The van der Waals surface area contributed by atoms with E-state index in [9.17, 15) is 4.79 Å². The fraction of sp³-hybridized carbons (Fsp3) is 0.118. The van der Waals surface area contributed by atoms with Crippen molar-refractivity contribution in [1.82, 2.24) is 19.9 Å². The van der Waals surface area contributed by atoms with Gasteiger partial charge in [0.05, 0.1) is 24.3 Å². The zero-order valence-electron chi connectivity index (χ0n) is 12.7. The maximum Gasteiger partial charge on any atom is 0.319 e. The maximum absolute atomic E-state index is 12.0. The Morgan fingerprint density at radius 3 is 2.61 bits per heavy atom. The summed E-state index contributed by atoms with van der Waals surface area (Å²) < 4.78 is 1.93. The molecular weight excluding hydrogens is 290 g/mol. The summed E-state index contributed by atoms with van der Waals surface area (Å²) in [6.45, 7) is 1.94. The molecule has 116 valence electrons. The Morgan fingerprint density at radius 2 is 1.96 bits per heavy atom. The number of amides is 2. The number of imidazole rings is 1. The van der Waals surface area contributed by atoms with Crippen molar-refractivity contribution >= 4 is 11.7 Å². The van der Waals surface area contributed by atoms with Crippen molar-refractivity contribution in [2.75, 3.05) is 5.32 Å². The van der Waals surface area contributed by atoms with Crippen LogP contribution in [0.4, 0.5) is 10.5 Å². The minimum Gasteiger partial charge on any atom is -0.331 e. The average Bonchev–Trinajstić information content (AvgIpc) is 3.10. The van der Waals surface area contributed by atoms with Crippen LogP contribution in [0.1, 0.15) is 18.5 Å². The molecule has 0 aliphatic rings. The lowest BCUT2D eigenvalue weighted by molar-refractivity contribution is 0.249. The first kappa shape index (κ1) is 14.8. The predicted octanol–water partition coefficient (Wildman–Crippen LogP) is 3.15. The first-order chi connectivity index (χ1) is 11.2. The zero-order valence-corrected chi connectivity index (χ0v) is 12.7. The summed E-state index contributed by atoms with van der Waals surface area (Å²) >= 11 is 0. The number of rotatable bonds is 4. The molecule has 23 heavy (non-hydrogen) atoms. The van der Waals surface area contributed by atoms with Gasteiger partial charge in [0, 0.05) is 24.3 Å². The van der Waals surface area contributed by atoms with Crippen molar-refractivity contribution < 1.29 is 4.79 Å². The molecule has 3 rings (SSSR count). The molecule has 6 nitrogen and oxygen atoms in total. The van der Waals surface area contributed by atoms with Crippen LogP contribution in [-0.2, 0) is 0 Å². The smallest absolute Gasteiger partial charge is 0.319 e. The van der Waals surface area contributed by atoms with Gasteiger partial charge in [0.2, 0.25) is 0 Å². The lowest BCUT2D eigenvalue weighted by Gasteiger charge is -2.15. The van der Waals surface area contributed by atoms with Gasteiger partial charge in [0.25, 0.3) is 0 Å². The lowest BCUT2D eigenvalue weighted by Crippen LogP contribution is -2.31. The summed E-state index contributed by atoms with van der Waals surface area (Å²) in [5.41, 5.74) is 2.71. The van der Waals surface area contributed by atoms with Gasteiger partial charge in [-0.1, -0.05) is 12.1 Å². The molecule has 2 aromatic heterocycles. The van der Waals surface area contributed by atoms with E-state index in [1.54, 1.807) is 37.1 Å². The van der Waals surface area contributed by atoms with Crippen LogP contribution in [-0.4, -0.2) is 20.6 Å². The highest BCUT2D eigenvalue weighted by Gasteiger charge is 2.09. The van der Waals surface area contributed by atoms with E-state index in [0.29, 0.717) is 5.69 Å². The van der Waals surface area contributed by atoms with Crippen molar-refractivity contribution in [3.63, 3.8) is 0 Å². The molecule has 0 aliphatic carbocycles. The Hall–Kier alpha value is -3.15. The number of nitrogens with zero attached hydrogens (tertiary/aromatic N) is 3. The molecule has 1 aromatic carbocycles. The van der Waals surface area contributed by atoms with E-state index in [1.807, 2.05) is 42.0 Å². The molecule has 0 saturated heterocycles. The molecule has 0 saturated carbocycles. The molecule has 0 radical (unpaired) electrons. The highest BCUT2D eigenvalue weighted by molar-refractivity contribution is 5.89.